The monoisotopic (exact) mass is 280 g/mol. The van der Waals surface area contributed by atoms with Gasteiger partial charge < -0.3 is 20.0 Å². The normalized spacial score (nSPS) is 10.3. The van der Waals surface area contributed by atoms with Crippen molar-refractivity contribution in [2.75, 3.05) is 5.75 Å². The van der Waals surface area contributed by atoms with E-state index in [-0.39, 0.29) is 22.5 Å². The Balaban J connectivity index is 2.30. The number of aromatic nitrogens is 4. The van der Waals surface area contributed by atoms with Crippen LogP contribution in [0.4, 0.5) is 5.82 Å². The smallest absolute Gasteiger partial charge is 0.351 e. The van der Waals surface area contributed by atoms with Crippen LogP contribution in [0.2, 0.25) is 0 Å². The fourth-order valence-corrected chi connectivity index (χ4v) is 1.79. The van der Waals surface area contributed by atoms with Crippen LogP contribution in [-0.2, 0) is 4.79 Å². The molecule has 0 aromatic carbocycles. The van der Waals surface area contributed by atoms with Crippen LogP contribution in [-0.4, -0.2) is 36.4 Å². The summed E-state index contributed by atoms with van der Waals surface area (Å²) in [5.41, 5.74) is 0. The molecule has 0 aliphatic carbocycles. The quantitative estimate of drug-likeness (QED) is 0.308. The van der Waals surface area contributed by atoms with Gasteiger partial charge >= 0.3 is 5.82 Å². The topological polar surface area (TPSA) is 127 Å². The minimum Gasteiger partial charge on any atom is -0.549 e. The summed E-state index contributed by atoms with van der Waals surface area (Å²) in [6, 6.07) is 2.67. The fourth-order valence-electron chi connectivity index (χ4n) is 1.25. The molecule has 0 fully saturated rings. The fraction of sp³-hybridized carbons (Fsp3) is 0.111. The standard InChI is InChI=1S/C9H7N5O4S/c15-8(16)5-19-9-10-3-1-6(12-9)13-7(14(17)18)2-4-11-13/h1-4H,5H2,(H,15,16)/p-1. The van der Waals surface area contributed by atoms with E-state index < -0.39 is 10.9 Å². The molecule has 9 nitrogen and oxygen atoms in total. The number of hydrogen-bond acceptors (Lipinski definition) is 8. The van der Waals surface area contributed by atoms with E-state index in [1.807, 2.05) is 0 Å². The first kappa shape index (κ1) is 13.0. The number of thioether (sulfide) groups is 1. The lowest BCUT2D eigenvalue weighted by Gasteiger charge is -2.02. The predicted octanol–water partition coefficient (Wildman–Crippen LogP) is -0.588. The Morgan fingerprint density at radius 2 is 2.21 bits per heavy atom. The Morgan fingerprint density at radius 1 is 1.42 bits per heavy atom. The molecule has 0 bridgehead atoms. The van der Waals surface area contributed by atoms with Crippen molar-refractivity contribution in [1.82, 2.24) is 19.7 Å². The molecule has 0 aliphatic heterocycles. The van der Waals surface area contributed by atoms with Crippen LogP contribution >= 0.6 is 11.8 Å². The lowest BCUT2D eigenvalue weighted by molar-refractivity contribution is -0.391. The molecule has 2 rings (SSSR count). The second-order valence-corrected chi connectivity index (χ2v) is 4.16. The summed E-state index contributed by atoms with van der Waals surface area (Å²) >= 11 is 0.859. The zero-order valence-electron chi connectivity index (χ0n) is 9.29. The number of nitrogens with zero attached hydrogens (tertiary/aromatic N) is 5. The Bertz CT molecular complexity index is 629. The van der Waals surface area contributed by atoms with E-state index in [2.05, 4.69) is 15.1 Å². The van der Waals surface area contributed by atoms with Crippen molar-refractivity contribution in [3.05, 3.63) is 34.6 Å². The Morgan fingerprint density at radius 3 is 2.89 bits per heavy atom. The minimum atomic E-state index is -1.25. The molecular formula is C9H6N5O4S-. The molecule has 0 saturated heterocycles. The van der Waals surface area contributed by atoms with Crippen LogP contribution in [0.1, 0.15) is 0 Å². The van der Waals surface area contributed by atoms with Crippen molar-refractivity contribution in [2.45, 2.75) is 5.16 Å². The lowest BCUT2D eigenvalue weighted by Crippen LogP contribution is -2.24. The van der Waals surface area contributed by atoms with Gasteiger partial charge in [-0.05, 0) is 4.92 Å². The first-order chi connectivity index (χ1) is 9.08. The van der Waals surface area contributed by atoms with Gasteiger partial charge in [0, 0.05) is 18.0 Å². The highest BCUT2D eigenvalue weighted by Gasteiger charge is 2.17. The van der Waals surface area contributed by atoms with Gasteiger partial charge in [-0.25, -0.2) is 4.98 Å². The van der Waals surface area contributed by atoms with Crippen molar-refractivity contribution < 1.29 is 14.8 Å². The van der Waals surface area contributed by atoms with Gasteiger partial charge in [0.1, 0.15) is 0 Å². The van der Waals surface area contributed by atoms with Gasteiger partial charge in [-0.15, -0.1) is 0 Å². The summed E-state index contributed by atoms with van der Waals surface area (Å²) in [6.07, 6.45) is 2.64. The molecule has 2 heterocycles. The average Bonchev–Trinajstić information content (AvgIpc) is 2.86. The number of carbonyl (C=O) groups excluding carboxylic acids is 1. The molecule has 2 aromatic rings. The maximum Gasteiger partial charge on any atom is 0.351 e. The van der Waals surface area contributed by atoms with E-state index in [0.717, 1.165) is 16.4 Å². The van der Waals surface area contributed by atoms with Gasteiger partial charge in [-0.1, -0.05) is 21.5 Å². The molecule has 98 valence electrons. The molecule has 0 aliphatic rings. The molecule has 0 spiro atoms. The largest absolute Gasteiger partial charge is 0.549 e. The van der Waals surface area contributed by atoms with Crippen LogP contribution in [0, 0.1) is 10.1 Å². The maximum atomic E-state index is 10.8. The number of nitro groups is 1. The highest BCUT2D eigenvalue weighted by atomic mass is 32.2. The van der Waals surface area contributed by atoms with Crippen LogP contribution in [0.5, 0.6) is 0 Å². The Labute approximate surface area is 110 Å². The van der Waals surface area contributed by atoms with Gasteiger partial charge in [0.2, 0.25) is 0 Å². The van der Waals surface area contributed by atoms with Crippen LogP contribution < -0.4 is 5.11 Å². The third-order valence-electron chi connectivity index (χ3n) is 1.96. The third-order valence-corrected chi connectivity index (χ3v) is 2.80. The highest BCUT2D eigenvalue weighted by Crippen LogP contribution is 2.17. The average molecular weight is 280 g/mol. The Kier molecular flexibility index (Phi) is 3.71. The van der Waals surface area contributed by atoms with Gasteiger partial charge in [0.05, 0.1) is 18.2 Å². The van der Waals surface area contributed by atoms with Crippen LogP contribution in [0.15, 0.2) is 29.7 Å². The lowest BCUT2D eigenvalue weighted by atomic mass is 10.5. The van der Waals surface area contributed by atoms with E-state index in [1.165, 1.54) is 24.5 Å². The first-order valence-corrected chi connectivity index (χ1v) is 5.91. The number of aliphatic carboxylic acids is 1. The van der Waals surface area contributed by atoms with E-state index in [4.69, 9.17) is 0 Å². The van der Waals surface area contributed by atoms with E-state index in [9.17, 15) is 20.0 Å². The summed E-state index contributed by atoms with van der Waals surface area (Å²) < 4.78 is 1.03. The Hall–Kier alpha value is -2.49. The molecular weight excluding hydrogens is 274 g/mol. The minimum absolute atomic E-state index is 0.173. The number of carbonyl (C=O) groups is 1. The number of carboxylic acid groups (broad SMARTS) is 1. The highest BCUT2D eigenvalue weighted by molar-refractivity contribution is 7.99. The molecule has 19 heavy (non-hydrogen) atoms. The van der Waals surface area contributed by atoms with Gasteiger partial charge in [-0.2, -0.15) is 4.98 Å². The van der Waals surface area contributed by atoms with Gasteiger partial charge in [-0.3, -0.25) is 0 Å². The molecule has 0 unspecified atom stereocenters. The van der Waals surface area contributed by atoms with Gasteiger partial charge in [0.15, 0.2) is 5.16 Å². The molecule has 0 saturated carbocycles. The van der Waals surface area contributed by atoms with Crippen molar-refractivity contribution in [2.24, 2.45) is 0 Å². The maximum absolute atomic E-state index is 10.8. The summed E-state index contributed by atoms with van der Waals surface area (Å²) in [7, 11) is 0. The molecule has 0 atom stereocenters. The number of carboxylic acids is 1. The van der Waals surface area contributed by atoms with E-state index in [0.29, 0.717) is 0 Å². The third kappa shape index (κ3) is 3.04. The first-order valence-electron chi connectivity index (χ1n) is 4.92. The molecule has 10 heteroatoms. The summed E-state index contributed by atoms with van der Waals surface area (Å²) in [5.74, 6) is -1.60. The zero-order chi connectivity index (χ0) is 13.8. The summed E-state index contributed by atoms with van der Waals surface area (Å²) in [5, 5.41) is 25.1. The zero-order valence-corrected chi connectivity index (χ0v) is 10.1. The van der Waals surface area contributed by atoms with E-state index in [1.54, 1.807) is 0 Å². The van der Waals surface area contributed by atoms with Crippen molar-refractivity contribution in [1.29, 1.82) is 0 Å². The van der Waals surface area contributed by atoms with Gasteiger partial charge in [0.25, 0.3) is 5.82 Å². The SMILES string of the molecule is O=C([O-])CSc1nccc(-n2nccc2[N+](=O)[O-])n1. The molecule has 0 radical (unpaired) electrons. The second-order valence-electron chi connectivity index (χ2n) is 3.22. The number of hydrogen-bond donors (Lipinski definition) is 0. The predicted molar refractivity (Wildman–Crippen MR) is 61.5 cm³/mol. The van der Waals surface area contributed by atoms with Crippen molar-refractivity contribution in [3.63, 3.8) is 0 Å². The van der Waals surface area contributed by atoms with Crippen LogP contribution in [0.3, 0.4) is 0 Å². The molecule has 0 N–H and O–H groups in total. The summed E-state index contributed by atoms with van der Waals surface area (Å²) in [4.78, 5) is 28.3. The summed E-state index contributed by atoms with van der Waals surface area (Å²) in [6.45, 7) is 0. The van der Waals surface area contributed by atoms with Crippen molar-refractivity contribution >= 4 is 23.5 Å². The van der Waals surface area contributed by atoms with Crippen molar-refractivity contribution in [3.8, 4) is 5.82 Å². The molecule has 0 amide bonds. The second kappa shape index (κ2) is 5.44. The molecule has 2 aromatic heterocycles. The van der Waals surface area contributed by atoms with Crippen LogP contribution in [0.25, 0.3) is 5.82 Å². The van der Waals surface area contributed by atoms with E-state index >= 15 is 0 Å². The number of rotatable bonds is 5.